The summed E-state index contributed by atoms with van der Waals surface area (Å²) in [6.07, 6.45) is -1.27. The quantitative estimate of drug-likeness (QED) is 0.673. The molecule has 4 atom stereocenters. The van der Waals surface area contributed by atoms with Crippen molar-refractivity contribution in [2.75, 3.05) is 12.3 Å². The number of rotatable bonds is 4. The summed E-state index contributed by atoms with van der Waals surface area (Å²) in [5.74, 6) is -0.584. The van der Waals surface area contributed by atoms with Crippen molar-refractivity contribution in [3.63, 3.8) is 0 Å². The number of aryl methyl sites for hydroxylation is 1. The van der Waals surface area contributed by atoms with Crippen LogP contribution < -0.4 is 10.9 Å². The molecule has 0 amide bonds. The summed E-state index contributed by atoms with van der Waals surface area (Å²) < 4.78 is 46.4. The minimum atomic E-state index is -4.12. The van der Waals surface area contributed by atoms with Gasteiger partial charge in [0.2, 0.25) is 0 Å². The third kappa shape index (κ3) is 3.26. The largest absolute Gasteiger partial charge is 0.383 e. The smallest absolute Gasteiger partial charge is 0.333 e. The number of ether oxygens (including phenoxy) is 3. The molecule has 0 radical (unpaired) electrons. The highest BCUT2D eigenvalue weighted by atomic mass is 32.2. The highest BCUT2D eigenvalue weighted by molar-refractivity contribution is 7.84. The molecule has 0 bridgehead atoms. The van der Waals surface area contributed by atoms with Crippen LogP contribution in [0.5, 0.6) is 0 Å². The lowest BCUT2D eigenvalue weighted by atomic mass is 10.1. The zero-order valence-corrected chi connectivity index (χ0v) is 15.7. The Balaban J connectivity index is 1.72. The molecule has 4 rings (SSSR count). The third-order valence-corrected chi connectivity index (χ3v) is 4.92. The zero-order chi connectivity index (χ0) is 19.6. The Hall–Kier alpha value is -1.90. The second-order valence-corrected chi connectivity index (χ2v) is 8.12. The van der Waals surface area contributed by atoms with Gasteiger partial charge in [-0.3, -0.25) is 4.18 Å². The van der Waals surface area contributed by atoms with Crippen LogP contribution in [0.25, 0.3) is 11.0 Å². The van der Waals surface area contributed by atoms with E-state index in [-0.39, 0.29) is 6.61 Å². The third-order valence-electron chi connectivity index (χ3n) is 4.46. The molecule has 12 nitrogen and oxygen atoms in total. The average molecular weight is 400 g/mol. The molecule has 2 aliphatic heterocycles. The fourth-order valence-electron chi connectivity index (χ4n) is 3.50. The van der Waals surface area contributed by atoms with E-state index in [4.69, 9.17) is 29.3 Å². The summed E-state index contributed by atoms with van der Waals surface area (Å²) >= 11 is 0. The van der Waals surface area contributed by atoms with Gasteiger partial charge in [0.1, 0.15) is 30.5 Å². The van der Waals surface area contributed by atoms with Crippen LogP contribution in [0.3, 0.4) is 0 Å². The van der Waals surface area contributed by atoms with Crippen molar-refractivity contribution in [1.82, 2.24) is 19.7 Å². The Morgan fingerprint density at radius 3 is 2.70 bits per heavy atom. The van der Waals surface area contributed by atoms with Gasteiger partial charge in [-0.2, -0.15) is 13.5 Å². The minimum Gasteiger partial charge on any atom is -0.383 e. The zero-order valence-electron chi connectivity index (χ0n) is 14.9. The second-order valence-electron chi connectivity index (χ2n) is 6.89. The molecule has 0 unspecified atom stereocenters. The molecule has 148 valence electrons. The fourth-order valence-corrected chi connectivity index (χ4v) is 3.82. The van der Waals surface area contributed by atoms with Crippen molar-refractivity contribution < 1.29 is 26.8 Å². The molecule has 0 aromatic carbocycles. The van der Waals surface area contributed by atoms with Crippen LogP contribution in [0.15, 0.2) is 6.33 Å². The topological polar surface area (TPSA) is 167 Å². The molecule has 2 aromatic rings. The van der Waals surface area contributed by atoms with Crippen LogP contribution in [-0.4, -0.2) is 58.9 Å². The van der Waals surface area contributed by atoms with Crippen LogP contribution in [0, 0.1) is 6.92 Å². The number of nitrogens with two attached hydrogens (primary N) is 2. The van der Waals surface area contributed by atoms with E-state index in [0.29, 0.717) is 22.5 Å². The summed E-state index contributed by atoms with van der Waals surface area (Å²) in [5, 5.41) is 10.0. The first-order chi connectivity index (χ1) is 12.6. The second kappa shape index (κ2) is 6.05. The summed E-state index contributed by atoms with van der Waals surface area (Å²) in [5.41, 5.74) is 7.05. The van der Waals surface area contributed by atoms with Gasteiger partial charge >= 0.3 is 10.3 Å². The van der Waals surface area contributed by atoms with Crippen LogP contribution in [0.1, 0.15) is 25.8 Å². The Labute approximate surface area is 155 Å². The van der Waals surface area contributed by atoms with Gasteiger partial charge < -0.3 is 19.9 Å². The van der Waals surface area contributed by atoms with Crippen molar-refractivity contribution in [3.8, 4) is 0 Å². The average Bonchev–Trinajstić information content (AvgIpc) is 3.14. The fraction of sp³-hybridized carbons (Fsp3) is 0.643. The number of nitrogens with zero attached hydrogens (tertiary/aromatic N) is 4. The van der Waals surface area contributed by atoms with E-state index in [1.54, 1.807) is 25.5 Å². The van der Waals surface area contributed by atoms with E-state index in [1.807, 2.05) is 0 Å². The molecule has 4 heterocycles. The van der Waals surface area contributed by atoms with Gasteiger partial charge in [-0.15, -0.1) is 0 Å². The molecule has 4 N–H and O–H groups in total. The Morgan fingerprint density at radius 1 is 1.30 bits per heavy atom. The maximum Gasteiger partial charge on any atom is 0.333 e. The first-order valence-electron chi connectivity index (χ1n) is 8.19. The molecule has 2 saturated heterocycles. The predicted octanol–water partition coefficient (Wildman–Crippen LogP) is -0.645. The lowest BCUT2D eigenvalue weighted by Crippen LogP contribution is -2.34. The van der Waals surface area contributed by atoms with Gasteiger partial charge in [0.05, 0.1) is 17.7 Å². The first kappa shape index (κ1) is 18.5. The normalized spacial score (nSPS) is 30.1. The molecule has 2 aliphatic rings. The van der Waals surface area contributed by atoms with Crippen molar-refractivity contribution in [2.45, 2.75) is 51.1 Å². The first-order valence-corrected chi connectivity index (χ1v) is 9.66. The van der Waals surface area contributed by atoms with Gasteiger partial charge in [0.15, 0.2) is 17.7 Å². The van der Waals surface area contributed by atoms with Gasteiger partial charge in [-0.25, -0.2) is 19.8 Å². The summed E-state index contributed by atoms with van der Waals surface area (Å²) in [6, 6.07) is 0. The molecular weight excluding hydrogens is 380 g/mol. The van der Waals surface area contributed by atoms with Crippen LogP contribution in [-0.2, 0) is 28.7 Å². The molecule has 27 heavy (non-hydrogen) atoms. The number of hydrogen-bond acceptors (Lipinski definition) is 10. The molecular formula is C14H20N6O6S. The van der Waals surface area contributed by atoms with E-state index in [1.165, 1.54) is 6.33 Å². The minimum absolute atomic E-state index is 0.302. The van der Waals surface area contributed by atoms with Crippen LogP contribution in [0.4, 0.5) is 5.82 Å². The molecule has 0 saturated carbocycles. The number of nitrogen functional groups attached to an aromatic ring is 1. The highest BCUT2D eigenvalue weighted by Crippen LogP contribution is 2.44. The lowest BCUT2D eigenvalue weighted by Gasteiger charge is -2.24. The van der Waals surface area contributed by atoms with Crippen LogP contribution in [0.2, 0.25) is 0 Å². The van der Waals surface area contributed by atoms with Gasteiger partial charge in [0.25, 0.3) is 0 Å². The van der Waals surface area contributed by atoms with E-state index < -0.39 is 40.6 Å². The number of fused-ring (bicyclic) bond motifs is 2. The van der Waals surface area contributed by atoms with Crippen molar-refractivity contribution >= 4 is 27.2 Å². The SMILES string of the molecule is Cc1nn([C@@H]2O[C@H](COS(N)(=O)=O)[C@H]3OC(C)(C)O[C@H]32)c2ncnc(N)c12. The number of hydrogen-bond donors (Lipinski definition) is 2. The molecule has 13 heteroatoms. The maximum atomic E-state index is 11.2. The molecule has 0 aliphatic carbocycles. The van der Waals surface area contributed by atoms with Crippen LogP contribution >= 0.6 is 0 Å². The number of anilines is 1. The van der Waals surface area contributed by atoms with Crippen molar-refractivity contribution in [3.05, 3.63) is 12.0 Å². The number of aromatic nitrogens is 4. The maximum absolute atomic E-state index is 11.2. The van der Waals surface area contributed by atoms with E-state index in [0.717, 1.165) is 0 Å². The van der Waals surface area contributed by atoms with E-state index >= 15 is 0 Å². The Morgan fingerprint density at radius 2 is 2.00 bits per heavy atom. The molecule has 2 aromatic heterocycles. The highest BCUT2D eigenvalue weighted by Gasteiger charge is 2.56. The van der Waals surface area contributed by atoms with Crippen molar-refractivity contribution in [1.29, 1.82) is 0 Å². The Bertz CT molecular complexity index is 991. The molecule has 0 spiro atoms. The predicted molar refractivity (Wildman–Crippen MR) is 91.3 cm³/mol. The lowest BCUT2D eigenvalue weighted by molar-refractivity contribution is -0.200. The van der Waals surface area contributed by atoms with Crippen molar-refractivity contribution in [2.24, 2.45) is 5.14 Å². The van der Waals surface area contributed by atoms with Gasteiger partial charge in [0, 0.05) is 0 Å². The molecule has 2 fully saturated rings. The Kier molecular flexibility index (Phi) is 4.14. The summed E-state index contributed by atoms with van der Waals surface area (Å²) in [6.45, 7) is 4.98. The van der Waals surface area contributed by atoms with E-state index in [2.05, 4.69) is 15.1 Å². The standard InChI is InChI=1S/C14H20N6O6S/c1-6-8-11(15)17-5-18-12(8)20(19-6)13-10-9(25-14(2,3)26-10)7(24-13)4-23-27(16,21)22/h5,7,9-10,13H,4H2,1-3H3,(H2,15,17,18)(H2,16,21,22)/t7-,9-,10-,13-/m1/s1. The monoisotopic (exact) mass is 400 g/mol. The van der Waals surface area contributed by atoms with Gasteiger partial charge in [-0.05, 0) is 20.8 Å². The summed E-state index contributed by atoms with van der Waals surface area (Å²) in [4.78, 5) is 8.24. The van der Waals surface area contributed by atoms with E-state index in [9.17, 15) is 8.42 Å². The van der Waals surface area contributed by atoms with Gasteiger partial charge in [-0.1, -0.05) is 0 Å². The summed E-state index contributed by atoms with van der Waals surface area (Å²) in [7, 11) is -4.12.